The zero-order chi connectivity index (χ0) is 20.0. The number of ether oxygens (including phenoxy) is 1. The lowest BCUT2D eigenvalue weighted by atomic mass is 9.47. The largest absolute Gasteiger partial charge is 0.496 e. The van der Waals surface area contributed by atoms with Crippen LogP contribution in [0.25, 0.3) is 0 Å². The number of hydrogen-bond donors (Lipinski definition) is 2. The molecule has 2 aromatic rings. The van der Waals surface area contributed by atoms with Crippen LogP contribution in [0.4, 0.5) is 5.69 Å². The van der Waals surface area contributed by atoms with Gasteiger partial charge in [0, 0.05) is 17.5 Å². The number of benzene rings is 2. The summed E-state index contributed by atoms with van der Waals surface area (Å²) in [6, 6.07) is 13.7. The zero-order valence-electron chi connectivity index (χ0n) is 17.0. The molecule has 0 atom stereocenters. The van der Waals surface area contributed by atoms with Gasteiger partial charge >= 0.3 is 5.97 Å². The lowest BCUT2D eigenvalue weighted by Gasteiger charge is -2.57. The van der Waals surface area contributed by atoms with Crippen LogP contribution < -0.4 is 10.1 Å². The van der Waals surface area contributed by atoms with E-state index < -0.39 is 5.97 Å². The molecule has 4 bridgehead atoms. The van der Waals surface area contributed by atoms with Crippen molar-refractivity contribution in [3.8, 4) is 5.75 Å². The normalized spacial score (nSPS) is 29.6. The van der Waals surface area contributed by atoms with Crippen LogP contribution in [-0.4, -0.2) is 18.2 Å². The van der Waals surface area contributed by atoms with Gasteiger partial charge in [0.1, 0.15) is 5.75 Å². The van der Waals surface area contributed by atoms with E-state index in [1.54, 1.807) is 13.2 Å². The Morgan fingerprint density at radius 3 is 2.21 bits per heavy atom. The lowest BCUT2D eigenvalue weighted by Crippen LogP contribution is -2.49. The molecule has 0 unspecified atom stereocenters. The van der Waals surface area contributed by atoms with Crippen molar-refractivity contribution < 1.29 is 14.6 Å². The highest BCUT2D eigenvalue weighted by Crippen LogP contribution is 2.63. The van der Waals surface area contributed by atoms with E-state index in [0.29, 0.717) is 12.1 Å². The Bertz CT molecular complexity index is 886. The zero-order valence-corrected chi connectivity index (χ0v) is 17.0. The molecule has 29 heavy (non-hydrogen) atoms. The summed E-state index contributed by atoms with van der Waals surface area (Å²) >= 11 is 0. The Balaban J connectivity index is 1.61. The second kappa shape index (κ2) is 7.08. The van der Waals surface area contributed by atoms with Crippen molar-refractivity contribution in [2.24, 2.45) is 17.8 Å². The van der Waals surface area contributed by atoms with Crippen molar-refractivity contribution in [1.82, 2.24) is 0 Å². The fourth-order valence-electron chi connectivity index (χ4n) is 6.85. The molecule has 4 fully saturated rings. The minimum Gasteiger partial charge on any atom is -0.496 e. The molecule has 0 saturated heterocycles. The number of nitrogens with one attached hydrogen (secondary N) is 1. The first-order valence-corrected chi connectivity index (χ1v) is 10.8. The van der Waals surface area contributed by atoms with Gasteiger partial charge in [0.2, 0.25) is 0 Å². The van der Waals surface area contributed by atoms with Crippen molar-refractivity contribution >= 4 is 11.7 Å². The van der Waals surface area contributed by atoms with E-state index in [1.165, 1.54) is 38.5 Å². The Morgan fingerprint density at radius 2 is 1.66 bits per heavy atom. The Labute approximate surface area is 172 Å². The smallest absolute Gasteiger partial charge is 0.337 e. The molecular formula is C25H29NO3. The number of anilines is 1. The van der Waals surface area contributed by atoms with Crippen LogP contribution in [0.2, 0.25) is 0 Å². The first-order valence-electron chi connectivity index (χ1n) is 10.8. The topological polar surface area (TPSA) is 58.6 Å². The number of aromatic carboxylic acids is 1. The Hall–Kier alpha value is -2.49. The lowest BCUT2D eigenvalue weighted by molar-refractivity contribution is -0.00584. The minimum atomic E-state index is -0.880. The number of carbonyl (C=O) groups is 1. The predicted octanol–water partition coefficient (Wildman–Crippen LogP) is 5.47. The van der Waals surface area contributed by atoms with Crippen LogP contribution in [-0.2, 0) is 12.0 Å². The molecule has 4 saturated carbocycles. The van der Waals surface area contributed by atoms with Crippen molar-refractivity contribution in [1.29, 1.82) is 0 Å². The van der Waals surface area contributed by atoms with Crippen molar-refractivity contribution in [3.63, 3.8) is 0 Å². The van der Waals surface area contributed by atoms with Gasteiger partial charge in [0.05, 0.1) is 18.4 Å². The SMILES string of the molecule is COc1ccc(C(=O)O)c(NCc2ccccc2)c1C12CC3CC(CC(C3)C1)C2. The highest BCUT2D eigenvalue weighted by Gasteiger charge is 2.53. The maximum atomic E-state index is 12.1. The van der Waals surface area contributed by atoms with Gasteiger partial charge in [-0.2, -0.15) is 0 Å². The van der Waals surface area contributed by atoms with Gasteiger partial charge in [0.15, 0.2) is 0 Å². The molecule has 0 spiro atoms. The van der Waals surface area contributed by atoms with Crippen LogP contribution in [0.5, 0.6) is 5.75 Å². The second-order valence-electron chi connectivity index (χ2n) is 9.41. The molecule has 0 amide bonds. The third-order valence-corrected chi connectivity index (χ3v) is 7.50. The molecule has 0 aromatic heterocycles. The minimum absolute atomic E-state index is 0.0462. The van der Waals surface area contributed by atoms with Crippen molar-refractivity contribution in [2.45, 2.75) is 50.5 Å². The summed E-state index contributed by atoms with van der Waals surface area (Å²) in [5.74, 6) is 2.30. The summed E-state index contributed by atoms with van der Waals surface area (Å²) < 4.78 is 5.83. The van der Waals surface area contributed by atoms with Crippen LogP contribution in [0.15, 0.2) is 42.5 Å². The monoisotopic (exact) mass is 391 g/mol. The van der Waals surface area contributed by atoms with Crippen molar-refractivity contribution in [3.05, 3.63) is 59.2 Å². The van der Waals surface area contributed by atoms with E-state index in [0.717, 1.165) is 40.3 Å². The first kappa shape index (κ1) is 18.5. The third-order valence-electron chi connectivity index (χ3n) is 7.50. The summed E-state index contributed by atoms with van der Waals surface area (Å²) in [4.78, 5) is 12.1. The molecule has 4 heteroatoms. The Kier molecular flexibility index (Phi) is 4.53. The van der Waals surface area contributed by atoms with Crippen molar-refractivity contribution in [2.75, 3.05) is 12.4 Å². The van der Waals surface area contributed by atoms with Crippen LogP contribution in [0.1, 0.15) is 60.0 Å². The van der Waals surface area contributed by atoms with Gasteiger partial charge in [-0.25, -0.2) is 4.79 Å². The highest BCUT2D eigenvalue weighted by molar-refractivity contribution is 5.96. The summed E-state index contributed by atoms with van der Waals surface area (Å²) in [6.45, 7) is 0.605. The van der Waals surface area contributed by atoms with Gasteiger partial charge in [-0.3, -0.25) is 0 Å². The molecule has 152 valence electrons. The van der Waals surface area contributed by atoms with Gasteiger partial charge < -0.3 is 15.2 Å². The van der Waals surface area contributed by atoms with Gasteiger partial charge in [-0.15, -0.1) is 0 Å². The Morgan fingerprint density at radius 1 is 1.03 bits per heavy atom. The first-order chi connectivity index (χ1) is 14.1. The quantitative estimate of drug-likeness (QED) is 0.685. The molecule has 4 nitrogen and oxygen atoms in total. The predicted molar refractivity (Wildman–Crippen MR) is 114 cm³/mol. The molecule has 2 aromatic carbocycles. The number of methoxy groups -OCH3 is 1. The van der Waals surface area contributed by atoms with Crippen LogP contribution in [0, 0.1) is 17.8 Å². The fraction of sp³-hybridized carbons (Fsp3) is 0.480. The van der Waals surface area contributed by atoms with E-state index in [2.05, 4.69) is 17.4 Å². The molecule has 2 N–H and O–H groups in total. The number of hydrogen-bond acceptors (Lipinski definition) is 3. The van der Waals surface area contributed by atoms with E-state index in [1.807, 2.05) is 24.3 Å². The molecule has 4 aliphatic carbocycles. The summed E-state index contributed by atoms with van der Waals surface area (Å²) in [6.07, 6.45) is 7.56. The van der Waals surface area contributed by atoms with Gasteiger partial charge in [0.25, 0.3) is 0 Å². The molecule has 6 rings (SSSR count). The highest BCUT2D eigenvalue weighted by atomic mass is 16.5. The van der Waals surface area contributed by atoms with E-state index >= 15 is 0 Å². The van der Waals surface area contributed by atoms with E-state index in [4.69, 9.17) is 4.74 Å². The summed E-state index contributed by atoms with van der Waals surface area (Å²) in [5, 5.41) is 13.5. The standard InChI is InChI=1S/C25H29NO3/c1-29-21-8-7-20(24(27)28)23(26-15-16-5-3-2-4-6-16)22(21)25-12-17-9-18(13-25)11-19(10-17)14-25/h2-8,17-19,26H,9-15H2,1H3,(H,27,28). The van der Waals surface area contributed by atoms with Gasteiger partial charge in [-0.1, -0.05) is 30.3 Å². The molecular weight excluding hydrogens is 362 g/mol. The van der Waals surface area contributed by atoms with Gasteiger partial charge in [-0.05, 0) is 74.0 Å². The summed E-state index contributed by atoms with van der Waals surface area (Å²) in [5.41, 5.74) is 3.43. The van der Waals surface area contributed by atoms with E-state index in [9.17, 15) is 9.90 Å². The molecule has 0 aliphatic heterocycles. The number of rotatable bonds is 6. The fourth-order valence-corrected chi connectivity index (χ4v) is 6.85. The molecule has 0 radical (unpaired) electrons. The van der Waals surface area contributed by atoms with E-state index in [-0.39, 0.29) is 5.41 Å². The molecule has 4 aliphatic rings. The van der Waals surface area contributed by atoms with Crippen LogP contribution >= 0.6 is 0 Å². The maximum absolute atomic E-state index is 12.1. The number of carboxylic acids is 1. The average Bonchev–Trinajstić information content (AvgIpc) is 2.71. The third kappa shape index (κ3) is 3.19. The summed E-state index contributed by atoms with van der Waals surface area (Å²) in [7, 11) is 1.71. The second-order valence-corrected chi connectivity index (χ2v) is 9.41. The molecule has 0 heterocycles. The average molecular weight is 392 g/mol. The number of carboxylic acid groups (broad SMARTS) is 1. The maximum Gasteiger partial charge on any atom is 0.337 e. The van der Waals surface area contributed by atoms with Crippen LogP contribution in [0.3, 0.4) is 0 Å².